The van der Waals surface area contributed by atoms with Crippen LogP contribution < -0.4 is 4.90 Å². The van der Waals surface area contributed by atoms with Crippen LogP contribution in [-0.4, -0.2) is 59.1 Å². The van der Waals surface area contributed by atoms with E-state index in [-0.39, 0.29) is 23.0 Å². The average molecular weight is 439 g/mol. The molecular weight excluding hydrogens is 423 g/mol. The van der Waals surface area contributed by atoms with E-state index in [4.69, 9.17) is 23.2 Å². The lowest BCUT2D eigenvalue weighted by Crippen LogP contribution is -2.49. The molecule has 0 amide bonds. The van der Waals surface area contributed by atoms with Crippen molar-refractivity contribution in [2.24, 2.45) is 0 Å². The van der Waals surface area contributed by atoms with E-state index in [9.17, 15) is 8.42 Å². The Morgan fingerprint density at radius 3 is 2.36 bits per heavy atom. The standard InChI is InChI=1S/C17H16Cl2N6O2S/c18-13-6-7-15(19)16(12-13)28(26,27)24-10-8-23(9-11-24)17-20-21-22-25(17)14-4-2-1-3-5-14/h1-7,12H,8-11H2. The highest BCUT2D eigenvalue weighted by Crippen LogP contribution is 2.28. The molecule has 0 bridgehead atoms. The average Bonchev–Trinajstić information content (AvgIpc) is 3.20. The van der Waals surface area contributed by atoms with Crippen molar-refractivity contribution in [3.63, 3.8) is 0 Å². The molecule has 146 valence electrons. The summed E-state index contributed by atoms with van der Waals surface area (Å²) in [5, 5.41) is 12.4. The summed E-state index contributed by atoms with van der Waals surface area (Å²) in [6.07, 6.45) is 0. The molecular formula is C17H16Cl2N6O2S. The number of hydrogen-bond donors (Lipinski definition) is 0. The van der Waals surface area contributed by atoms with Crippen LogP contribution in [0.1, 0.15) is 0 Å². The fourth-order valence-electron chi connectivity index (χ4n) is 3.06. The summed E-state index contributed by atoms with van der Waals surface area (Å²) < 4.78 is 29.0. The first-order valence-electron chi connectivity index (χ1n) is 8.51. The Morgan fingerprint density at radius 1 is 0.929 bits per heavy atom. The van der Waals surface area contributed by atoms with E-state index in [0.29, 0.717) is 24.1 Å². The van der Waals surface area contributed by atoms with Crippen LogP contribution in [0.25, 0.3) is 5.69 Å². The van der Waals surface area contributed by atoms with Gasteiger partial charge in [0.2, 0.25) is 16.0 Å². The van der Waals surface area contributed by atoms with Crippen LogP contribution >= 0.6 is 23.2 Å². The maximum atomic E-state index is 13.0. The predicted octanol–water partition coefficient (Wildman–Crippen LogP) is 2.48. The van der Waals surface area contributed by atoms with E-state index in [0.717, 1.165) is 5.69 Å². The van der Waals surface area contributed by atoms with Crippen molar-refractivity contribution in [2.75, 3.05) is 31.1 Å². The number of tetrazole rings is 1. The van der Waals surface area contributed by atoms with Gasteiger partial charge in [0, 0.05) is 31.2 Å². The molecule has 0 aliphatic carbocycles. The normalized spacial score (nSPS) is 15.7. The zero-order chi connectivity index (χ0) is 19.7. The molecule has 1 aliphatic rings. The first kappa shape index (κ1) is 19.1. The number of sulfonamides is 1. The maximum Gasteiger partial charge on any atom is 0.250 e. The first-order valence-corrected chi connectivity index (χ1v) is 10.7. The molecule has 28 heavy (non-hydrogen) atoms. The van der Waals surface area contributed by atoms with Crippen LogP contribution in [0.3, 0.4) is 0 Å². The summed E-state index contributed by atoms with van der Waals surface area (Å²) in [5.41, 5.74) is 0.836. The summed E-state index contributed by atoms with van der Waals surface area (Å²) in [5.74, 6) is 0.573. The highest BCUT2D eigenvalue weighted by molar-refractivity contribution is 7.89. The predicted molar refractivity (Wildman–Crippen MR) is 107 cm³/mol. The Hall–Kier alpha value is -2.20. The number of rotatable bonds is 4. The van der Waals surface area contributed by atoms with E-state index in [1.807, 2.05) is 35.2 Å². The van der Waals surface area contributed by atoms with Gasteiger partial charge in [0.25, 0.3) is 0 Å². The van der Waals surface area contributed by atoms with E-state index >= 15 is 0 Å². The van der Waals surface area contributed by atoms with Crippen molar-refractivity contribution < 1.29 is 8.42 Å². The summed E-state index contributed by atoms with van der Waals surface area (Å²) in [4.78, 5) is 1.97. The molecule has 11 heteroatoms. The van der Waals surface area contributed by atoms with Crippen molar-refractivity contribution >= 4 is 39.2 Å². The van der Waals surface area contributed by atoms with Crippen molar-refractivity contribution in [1.82, 2.24) is 24.5 Å². The number of hydrogen-bond acceptors (Lipinski definition) is 6. The van der Waals surface area contributed by atoms with E-state index in [1.54, 1.807) is 10.7 Å². The fraction of sp³-hybridized carbons (Fsp3) is 0.235. The van der Waals surface area contributed by atoms with Crippen LogP contribution in [-0.2, 0) is 10.0 Å². The Balaban J connectivity index is 1.53. The molecule has 0 saturated carbocycles. The third-order valence-corrected chi connectivity index (χ3v) is 7.10. The molecule has 0 atom stereocenters. The smallest absolute Gasteiger partial charge is 0.250 e. The van der Waals surface area contributed by atoms with Gasteiger partial charge in [-0.25, -0.2) is 8.42 Å². The number of piperazine rings is 1. The Labute approximate surface area is 172 Å². The summed E-state index contributed by atoms with van der Waals surface area (Å²) >= 11 is 12.0. The minimum Gasteiger partial charge on any atom is -0.337 e. The number of halogens is 2. The minimum atomic E-state index is -3.74. The van der Waals surface area contributed by atoms with Gasteiger partial charge in [-0.3, -0.25) is 0 Å². The molecule has 0 radical (unpaired) electrons. The lowest BCUT2D eigenvalue weighted by Gasteiger charge is -2.34. The second-order valence-electron chi connectivity index (χ2n) is 6.19. The largest absolute Gasteiger partial charge is 0.337 e. The molecule has 1 aliphatic heterocycles. The number of anilines is 1. The lowest BCUT2D eigenvalue weighted by atomic mass is 10.3. The van der Waals surface area contributed by atoms with Crippen molar-refractivity contribution in [3.05, 3.63) is 58.6 Å². The third-order valence-electron chi connectivity index (χ3n) is 4.49. The van der Waals surface area contributed by atoms with Gasteiger partial charge in [0.1, 0.15) is 4.90 Å². The summed E-state index contributed by atoms with van der Waals surface area (Å²) in [6, 6.07) is 14.0. The molecule has 4 rings (SSSR count). The van der Waals surface area contributed by atoms with Crippen molar-refractivity contribution in [1.29, 1.82) is 0 Å². The van der Waals surface area contributed by atoms with Gasteiger partial charge in [-0.1, -0.05) is 46.5 Å². The van der Waals surface area contributed by atoms with E-state index < -0.39 is 10.0 Å². The fourth-order valence-corrected chi connectivity index (χ4v) is 5.22. The van der Waals surface area contributed by atoms with Gasteiger partial charge in [0.05, 0.1) is 10.7 Å². The van der Waals surface area contributed by atoms with Gasteiger partial charge in [0.15, 0.2) is 0 Å². The second-order valence-corrected chi connectivity index (χ2v) is 8.94. The maximum absolute atomic E-state index is 13.0. The van der Waals surface area contributed by atoms with Gasteiger partial charge in [-0.2, -0.15) is 8.99 Å². The molecule has 0 unspecified atom stereocenters. The number of benzene rings is 2. The number of para-hydroxylation sites is 1. The van der Waals surface area contributed by atoms with Crippen LogP contribution in [0, 0.1) is 0 Å². The Bertz CT molecular complexity index is 1080. The summed E-state index contributed by atoms with van der Waals surface area (Å²) in [7, 11) is -3.74. The molecule has 3 aromatic rings. The molecule has 1 aromatic heterocycles. The van der Waals surface area contributed by atoms with Crippen LogP contribution in [0.5, 0.6) is 0 Å². The van der Waals surface area contributed by atoms with Gasteiger partial charge in [-0.15, -0.1) is 0 Å². The van der Waals surface area contributed by atoms with Gasteiger partial charge in [-0.05, 0) is 40.8 Å². The third kappa shape index (κ3) is 3.58. The summed E-state index contributed by atoms with van der Waals surface area (Å²) in [6.45, 7) is 1.47. The lowest BCUT2D eigenvalue weighted by molar-refractivity contribution is 0.381. The van der Waals surface area contributed by atoms with Gasteiger partial charge >= 0.3 is 0 Å². The highest BCUT2D eigenvalue weighted by atomic mass is 35.5. The second kappa shape index (κ2) is 7.67. The van der Waals surface area contributed by atoms with Crippen LogP contribution in [0.15, 0.2) is 53.4 Å². The number of nitrogens with zero attached hydrogens (tertiary/aromatic N) is 6. The molecule has 0 N–H and O–H groups in total. The Morgan fingerprint density at radius 2 is 1.64 bits per heavy atom. The SMILES string of the molecule is O=S(=O)(c1cc(Cl)ccc1Cl)N1CCN(c2nnnn2-c2ccccc2)CC1. The van der Waals surface area contributed by atoms with Crippen LogP contribution in [0.2, 0.25) is 10.0 Å². The molecule has 1 fully saturated rings. The molecule has 2 aromatic carbocycles. The highest BCUT2D eigenvalue weighted by Gasteiger charge is 2.31. The molecule has 8 nitrogen and oxygen atoms in total. The van der Waals surface area contributed by atoms with Crippen LogP contribution in [0.4, 0.5) is 5.95 Å². The van der Waals surface area contributed by atoms with Crippen molar-refractivity contribution in [2.45, 2.75) is 4.90 Å². The monoisotopic (exact) mass is 438 g/mol. The zero-order valence-electron chi connectivity index (χ0n) is 14.6. The van der Waals surface area contributed by atoms with Crippen molar-refractivity contribution in [3.8, 4) is 5.69 Å². The topological polar surface area (TPSA) is 84.2 Å². The Kier molecular flexibility index (Phi) is 5.24. The molecule has 2 heterocycles. The quantitative estimate of drug-likeness (QED) is 0.621. The molecule has 0 spiro atoms. The van der Waals surface area contributed by atoms with Gasteiger partial charge < -0.3 is 4.90 Å². The minimum absolute atomic E-state index is 0.0178. The first-order chi connectivity index (χ1) is 13.5. The number of aromatic nitrogens is 4. The molecule has 1 saturated heterocycles. The van der Waals surface area contributed by atoms with E-state index in [2.05, 4.69) is 15.5 Å². The zero-order valence-corrected chi connectivity index (χ0v) is 16.9. The van der Waals surface area contributed by atoms with E-state index in [1.165, 1.54) is 16.4 Å².